The predicted molar refractivity (Wildman–Crippen MR) is 63.1 cm³/mol. The van der Waals surface area contributed by atoms with E-state index >= 15 is 0 Å². The zero-order chi connectivity index (χ0) is 14.7. The van der Waals surface area contributed by atoms with Gasteiger partial charge in [0.25, 0.3) is 0 Å². The highest BCUT2D eigenvalue weighted by Gasteiger charge is 2.28. The molecule has 0 radical (unpaired) electrons. The number of nitro groups is 1. The predicted octanol–water partition coefficient (Wildman–Crippen LogP) is 2.17. The molecule has 8 heteroatoms. The topological polar surface area (TPSA) is 83.7 Å². The summed E-state index contributed by atoms with van der Waals surface area (Å²) in [5.74, 6) is -3.60. The Morgan fingerprint density at radius 1 is 1.47 bits per heavy atom. The minimum Gasteiger partial charge on any atom is -0.480 e. The zero-order valence-corrected chi connectivity index (χ0v) is 10.3. The van der Waals surface area contributed by atoms with Crippen LogP contribution in [0.1, 0.15) is 13.8 Å². The molecule has 1 aromatic rings. The van der Waals surface area contributed by atoms with Crippen LogP contribution in [0.15, 0.2) is 12.1 Å². The maximum absolute atomic E-state index is 13.5. The third-order valence-electron chi connectivity index (χ3n) is 2.43. The molecule has 0 bridgehead atoms. The molecule has 0 aliphatic heterocycles. The van der Waals surface area contributed by atoms with Crippen LogP contribution in [0.4, 0.5) is 20.2 Å². The summed E-state index contributed by atoms with van der Waals surface area (Å²) in [6.07, 6.45) is 0. The maximum atomic E-state index is 13.5. The number of nitro benzene ring substituents is 1. The van der Waals surface area contributed by atoms with Crippen LogP contribution in [0.3, 0.4) is 0 Å². The van der Waals surface area contributed by atoms with Crippen molar-refractivity contribution >= 4 is 17.3 Å². The second kappa shape index (κ2) is 5.59. The van der Waals surface area contributed by atoms with Crippen LogP contribution in [0, 0.1) is 21.7 Å². The molecule has 0 aliphatic rings. The summed E-state index contributed by atoms with van der Waals surface area (Å²) in [7, 11) is 0. The first kappa shape index (κ1) is 14.8. The Kier molecular flexibility index (Phi) is 4.36. The summed E-state index contributed by atoms with van der Waals surface area (Å²) in [5, 5.41) is 19.6. The Morgan fingerprint density at radius 3 is 2.47 bits per heavy atom. The molecule has 0 saturated heterocycles. The summed E-state index contributed by atoms with van der Waals surface area (Å²) in [6, 6.07) is 0.668. The number of carboxylic acids is 1. The van der Waals surface area contributed by atoms with Crippen molar-refractivity contribution in [3.05, 3.63) is 33.9 Å². The minimum absolute atomic E-state index is 0.389. The van der Waals surface area contributed by atoms with Crippen molar-refractivity contribution in [1.82, 2.24) is 0 Å². The van der Waals surface area contributed by atoms with E-state index < -0.39 is 40.8 Å². The summed E-state index contributed by atoms with van der Waals surface area (Å²) in [4.78, 5) is 21.6. The average molecular weight is 274 g/mol. The molecule has 0 fully saturated rings. The molecule has 0 aliphatic carbocycles. The van der Waals surface area contributed by atoms with E-state index in [0.29, 0.717) is 6.07 Å². The highest BCUT2D eigenvalue weighted by Crippen LogP contribution is 2.33. The molecular formula is C11H12F2N2O4. The SMILES string of the molecule is CC(C)N(CC(=O)O)c1cc(F)cc(F)c1[N+](=O)[O-]. The molecule has 0 saturated carbocycles. The zero-order valence-electron chi connectivity index (χ0n) is 10.3. The number of benzene rings is 1. The first-order chi connectivity index (χ1) is 8.73. The summed E-state index contributed by atoms with van der Waals surface area (Å²) < 4.78 is 26.7. The molecule has 1 rings (SSSR count). The smallest absolute Gasteiger partial charge is 0.328 e. The Balaban J connectivity index is 3.43. The lowest BCUT2D eigenvalue weighted by Gasteiger charge is -2.26. The van der Waals surface area contributed by atoms with Gasteiger partial charge < -0.3 is 10.0 Å². The van der Waals surface area contributed by atoms with Gasteiger partial charge in [0, 0.05) is 18.2 Å². The van der Waals surface area contributed by atoms with Crippen molar-refractivity contribution in [3.63, 3.8) is 0 Å². The number of nitrogens with zero attached hydrogens (tertiary/aromatic N) is 2. The molecule has 0 heterocycles. The van der Waals surface area contributed by atoms with Gasteiger partial charge in [-0.05, 0) is 13.8 Å². The lowest BCUT2D eigenvalue weighted by Crippen LogP contribution is -2.36. The number of hydrogen-bond donors (Lipinski definition) is 1. The molecule has 0 aromatic heterocycles. The fourth-order valence-corrected chi connectivity index (χ4v) is 1.64. The number of halogens is 2. The van der Waals surface area contributed by atoms with Gasteiger partial charge >= 0.3 is 11.7 Å². The first-order valence-corrected chi connectivity index (χ1v) is 5.36. The van der Waals surface area contributed by atoms with Crippen LogP contribution in [0.25, 0.3) is 0 Å². The summed E-state index contributed by atoms with van der Waals surface area (Å²) in [6.45, 7) is 2.53. The van der Waals surface area contributed by atoms with Crippen LogP contribution in [0.5, 0.6) is 0 Å². The standard InChI is InChI=1S/C11H12F2N2O4/c1-6(2)14(5-10(16)17)9-4-7(12)3-8(13)11(9)15(18)19/h3-4,6H,5H2,1-2H3,(H,16,17). The second-order valence-corrected chi connectivity index (χ2v) is 4.13. The number of carboxylic acid groups (broad SMARTS) is 1. The van der Waals surface area contributed by atoms with Crippen molar-refractivity contribution in [2.75, 3.05) is 11.4 Å². The van der Waals surface area contributed by atoms with E-state index in [4.69, 9.17) is 5.11 Å². The number of anilines is 1. The largest absolute Gasteiger partial charge is 0.480 e. The minimum atomic E-state index is -1.34. The first-order valence-electron chi connectivity index (χ1n) is 5.36. The molecule has 104 valence electrons. The van der Waals surface area contributed by atoms with Gasteiger partial charge in [-0.1, -0.05) is 0 Å². The van der Waals surface area contributed by atoms with Crippen molar-refractivity contribution in [3.8, 4) is 0 Å². The maximum Gasteiger partial charge on any atom is 0.328 e. The molecule has 19 heavy (non-hydrogen) atoms. The van der Waals surface area contributed by atoms with E-state index in [9.17, 15) is 23.7 Å². The van der Waals surface area contributed by atoms with Gasteiger partial charge in [0.15, 0.2) is 0 Å². The Hall–Kier alpha value is -2.25. The molecule has 0 spiro atoms. The summed E-state index contributed by atoms with van der Waals surface area (Å²) >= 11 is 0. The van der Waals surface area contributed by atoms with Crippen LogP contribution in [0.2, 0.25) is 0 Å². The Labute approximate surface area is 107 Å². The van der Waals surface area contributed by atoms with Crippen molar-refractivity contribution in [2.45, 2.75) is 19.9 Å². The highest BCUT2D eigenvalue weighted by atomic mass is 19.1. The van der Waals surface area contributed by atoms with E-state index in [1.54, 1.807) is 13.8 Å². The molecule has 0 unspecified atom stereocenters. The third kappa shape index (κ3) is 3.36. The van der Waals surface area contributed by atoms with Crippen LogP contribution >= 0.6 is 0 Å². The van der Waals surface area contributed by atoms with E-state index in [1.807, 2.05) is 0 Å². The lowest BCUT2D eigenvalue weighted by atomic mass is 10.2. The van der Waals surface area contributed by atoms with Crippen LogP contribution < -0.4 is 4.90 Å². The fraction of sp³-hybridized carbons (Fsp3) is 0.364. The monoisotopic (exact) mass is 274 g/mol. The number of aliphatic carboxylic acids is 1. The molecular weight excluding hydrogens is 262 g/mol. The fourth-order valence-electron chi connectivity index (χ4n) is 1.64. The molecule has 0 atom stereocenters. The Morgan fingerprint density at radius 2 is 2.05 bits per heavy atom. The van der Waals surface area contributed by atoms with Crippen molar-refractivity contribution in [2.24, 2.45) is 0 Å². The van der Waals surface area contributed by atoms with Crippen molar-refractivity contribution in [1.29, 1.82) is 0 Å². The van der Waals surface area contributed by atoms with Crippen molar-refractivity contribution < 1.29 is 23.6 Å². The van der Waals surface area contributed by atoms with E-state index in [0.717, 1.165) is 11.0 Å². The van der Waals surface area contributed by atoms with Crippen LogP contribution in [-0.4, -0.2) is 28.6 Å². The highest BCUT2D eigenvalue weighted by molar-refractivity contribution is 5.76. The molecule has 6 nitrogen and oxygen atoms in total. The van der Waals surface area contributed by atoms with E-state index in [2.05, 4.69) is 0 Å². The Bertz CT molecular complexity index is 520. The van der Waals surface area contributed by atoms with Gasteiger partial charge in [-0.2, -0.15) is 4.39 Å². The number of rotatable bonds is 5. The van der Waals surface area contributed by atoms with Gasteiger partial charge in [-0.15, -0.1) is 0 Å². The number of hydrogen-bond acceptors (Lipinski definition) is 4. The normalized spacial score (nSPS) is 10.6. The van der Waals surface area contributed by atoms with Gasteiger partial charge in [0.1, 0.15) is 18.0 Å². The quantitative estimate of drug-likeness (QED) is 0.657. The van der Waals surface area contributed by atoms with E-state index in [1.165, 1.54) is 0 Å². The van der Waals surface area contributed by atoms with Crippen LogP contribution in [-0.2, 0) is 4.79 Å². The van der Waals surface area contributed by atoms with Gasteiger partial charge in [0.2, 0.25) is 5.82 Å². The van der Waals surface area contributed by atoms with Gasteiger partial charge in [-0.3, -0.25) is 14.9 Å². The second-order valence-electron chi connectivity index (χ2n) is 4.13. The number of carbonyl (C=O) groups is 1. The average Bonchev–Trinajstić information content (AvgIpc) is 2.23. The summed E-state index contributed by atoms with van der Waals surface area (Å²) in [5.41, 5.74) is -1.32. The third-order valence-corrected chi connectivity index (χ3v) is 2.43. The molecule has 1 aromatic carbocycles. The molecule has 0 amide bonds. The lowest BCUT2D eigenvalue weighted by molar-refractivity contribution is -0.386. The van der Waals surface area contributed by atoms with Gasteiger partial charge in [0.05, 0.1) is 4.92 Å². The molecule has 1 N–H and O–H groups in total. The van der Waals surface area contributed by atoms with E-state index in [-0.39, 0.29) is 5.69 Å². The van der Waals surface area contributed by atoms with Gasteiger partial charge in [-0.25, -0.2) is 4.39 Å².